The second-order valence-corrected chi connectivity index (χ2v) is 14.6. The normalized spacial score (nSPS) is 13.2. The maximum Gasteiger partial charge on any atom is 0.0711 e. The van der Waals surface area contributed by atoms with Crippen molar-refractivity contribution in [2.75, 3.05) is 0 Å². The molecular formula is C55H39N. The summed E-state index contributed by atoms with van der Waals surface area (Å²) in [7, 11) is 0. The lowest BCUT2D eigenvalue weighted by atomic mass is 9.65. The summed E-state index contributed by atoms with van der Waals surface area (Å²) in [5.74, 6) is 0.0204. The topological polar surface area (TPSA) is 12.9 Å². The molecule has 1 heteroatoms. The first-order valence-electron chi connectivity index (χ1n) is 19.4. The minimum atomic E-state index is -0.480. The molecular weight excluding hydrogens is 675 g/mol. The number of rotatable bonds is 8. The fraction of sp³-hybridized carbons (Fsp3) is 0.0364. The van der Waals surface area contributed by atoms with E-state index in [4.69, 9.17) is 4.98 Å². The Bertz CT molecular complexity index is 2600. The van der Waals surface area contributed by atoms with Crippen molar-refractivity contribution in [3.8, 4) is 44.6 Å². The summed E-state index contributed by atoms with van der Waals surface area (Å²) in [6.07, 6.45) is 0. The highest BCUT2D eigenvalue weighted by Gasteiger charge is 2.38. The molecule has 0 fully saturated rings. The van der Waals surface area contributed by atoms with Crippen LogP contribution in [0.25, 0.3) is 44.6 Å². The van der Waals surface area contributed by atoms with E-state index in [1.807, 2.05) is 0 Å². The van der Waals surface area contributed by atoms with Gasteiger partial charge >= 0.3 is 0 Å². The third-order valence-electron chi connectivity index (χ3n) is 11.5. The molecule has 1 nitrogen and oxygen atoms in total. The van der Waals surface area contributed by atoms with Gasteiger partial charge in [0, 0.05) is 5.56 Å². The number of benzene rings is 8. The molecule has 1 aromatic heterocycles. The molecule has 1 unspecified atom stereocenters. The van der Waals surface area contributed by atoms with Crippen LogP contribution in [0.5, 0.6) is 0 Å². The summed E-state index contributed by atoms with van der Waals surface area (Å²) >= 11 is 0. The number of fused-ring (bicyclic) bond motifs is 3. The van der Waals surface area contributed by atoms with E-state index in [-0.39, 0.29) is 5.92 Å². The highest BCUT2D eigenvalue weighted by molar-refractivity contribution is 5.85. The molecule has 9 aromatic rings. The van der Waals surface area contributed by atoms with Crippen LogP contribution in [0, 0.1) is 0 Å². The lowest BCUT2D eigenvalue weighted by molar-refractivity contribution is 0.745. The minimum Gasteiger partial charge on any atom is -0.252 e. The van der Waals surface area contributed by atoms with E-state index in [0.29, 0.717) is 0 Å². The number of hydrogen-bond acceptors (Lipinski definition) is 1. The molecule has 8 aromatic carbocycles. The molecule has 0 bridgehead atoms. The van der Waals surface area contributed by atoms with Crippen LogP contribution >= 0.6 is 0 Å². The number of nitrogens with zero attached hydrogens (tertiary/aromatic N) is 1. The summed E-state index contributed by atoms with van der Waals surface area (Å²) in [5, 5.41) is 0. The van der Waals surface area contributed by atoms with Crippen molar-refractivity contribution >= 4 is 0 Å². The zero-order chi connectivity index (χ0) is 37.3. The monoisotopic (exact) mass is 713 g/mol. The third-order valence-corrected chi connectivity index (χ3v) is 11.5. The SMILES string of the molecule is c1ccc(-c2cc(-c3ccccc3)nc(C3c4ccccc4-c4cc(-c5ccc(C(c6ccccc6)(c6ccccc6)c6ccccc6)cc5)ccc43)c2)cc1. The third kappa shape index (κ3) is 5.77. The Labute approximate surface area is 329 Å². The zero-order valence-electron chi connectivity index (χ0n) is 31.0. The van der Waals surface area contributed by atoms with E-state index in [9.17, 15) is 0 Å². The lowest BCUT2D eigenvalue weighted by Gasteiger charge is -2.37. The van der Waals surface area contributed by atoms with E-state index in [1.165, 1.54) is 66.8 Å². The molecule has 0 N–H and O–H groups in total. The van der Waals surface area contributed by atoms with Gasteiger partial charge in [-0.05, 0) is 85.0 Å². The van der Waals surface area contributed by atoms with Crippen molar-refractivity contribution in [3.63, 3.8) is 0 Å². The van der Waals surface area contributed by atoms with Crippen molar-refractivity contribution in [1.29, 1.82) is 0 Å². The molecule has 1 heterocycles. The standard InChI is InChI=1S/C55H39N/c1-6-18-39(19-7-1)43-37-52(41-20-8-2-9-21-41)56-53(38-43)54-49-29-17-16-28-48(49)51-36-42(32-35-50(51)54)40-30-33-47(34-31-40)55(44-22-10-3-11-23-44,45-24-12-4-13-25-45)46-26-14-5-15-27-46/h1-38,54H. The van der Waals surface area contributed by atoms with E-state index in [0.717, 1.165) is 17.0 Å². The molecule has 0 radical (unpaired) electrons. The van der Waals surface area contributed by atoms with Crippen molar-refractivity contribution < 1.29 is 0 Å². The Kier molecular flexibility index (Phi) is 8.54. The maximum absolute atomic E-state index is 5.40. The molecule has 0 spiro atoms. The van der Waals surface area contributed by atoms with Crippen LogP contribution < -0.4 is 0 Å². The lowest BCUT2D eigenvalue weighted by Crippen LogP contribution is -2.30. The Hall–Kier alpha value is -7.09. The second-order valence-electron chi connectivity index (χ2n) is 14.6. The quantitative estimate of drug-likeness (QED) is 0.143. The van der Waals surface area contributed by atoms with Gasteiger partial charge in [0.1, 0.15) is 0 Å². The predicted molar refractivity (Wildman–Crippen MR) is 232 cm³/mol. The van der Waals surface area contributed by atoms with Gasteiger partial charge in [-0.1, -0.05) is 212 Å². The fourth-order valence-corrected chi connectivity index (χ4v) is 8.93. The van der Waals surface area contributed by atoms with Crippen molar-refractivity contribution in [3.05, 3.63) is 270 Å². The van der Waals surface area contributed by atoms with Gasteiger partial charge in [-0.25, -0.2) is 0 Å². The zero-order valence-corrected chi connectivity index (χ0v) is 31.0. The van der Waals surface area contributed by atoms with E-state index < -0.39 is 5.41 Å². The number of aromatic nitrogens is 1. The van der Waals surface area contributed by atoms with Crippen LogP contribution in [0.1, 0.15) is 45.0 Å². The summed E-state index contributed by atoms with van der Waals surface area (Å²) in [6.45, 7) is 0. The maximum atomic E-state index is 5.40. The van der Waals surface area contributed by atoms with Gasteiger partial charge in [-0.15, -0.1) is 0 Å². The molecule has 0 aliphatic heterocycles. The number of pyridine rings is 1. The molecule has 1 atom stereocenters. The van der Waals surface area contributed by atoms with Crippen molar-refractivity contribution in [2.24, 2.45) is 0 Å². The number of hydrogen-bond donors (Lipinski definition) is 0. The fourth-order valence-electron chi connectivity index (χ4n) is 8.93. The van der Waals surface area contributed by atoms with Gasteiger partial charge in [0.25, 0.3) is 0 Å². The van der Waals surface area contributed by atoms with Crippen LogP contribution in [-0.2, 0) is 5.41 Å². The van der Waals surface area contributed by atoms with E-state index in [1.54, 1.807) is 0 Å². The Morgan fingerprint density at radius 1 is 0.304 bits per heavy atom. The molecule has 10 rings (SSSR count). The van der Waals surface area contributed by atoms with E-state index in [2.05, 4.69) is 231 Å². The highest BCUT2D eigenvalue weighted by atomic mass is 14.7. The highest BCUT2D eigenvalue weighted by Crippen LogP contribution is 2.50. The first-order valence-corrected chi connectivity index (χ1v) is 19.4. The van der Waals surface area contributed by atoms with Crippen LogP contribution in [0.15, 0.2) is 231 Å². The largest absolute Gasteiger partial charge is 0.252 e. The molecule has 0 saturated heterocycles. The summed E-state index contributed by atoms with van der Waals surface area (Å²) < 4.78 is 0. The van der Waals surface area contributed by atoms with Gasteiger partial charge in [-0.2, -0.15) is 0 Å². The van der Waals surface area contributed by atoms with Crippen LogP contribution in [0.3, 0.4) is 0 Å². The Balaban J connectivity index is 1.09. The molecule has 1 aliphatic carbocycles. The van der Waals surface area contributed by atoms with Gasteiger partial charge in [0.05, 0.1) is 22.7 Å². The van der Waals surface area contributed by atoms with Crippen LogP contribution in [-0.4, -0.2) is 4.98 Å². The summed E-state index contributed by atoms with van der Waals surface area (Å²) in [4.78, 5) is 5.40. The first-order chi connectivity index (χ1) is 27.8. The second kappa shape index (κ2) is 14.3. The molecule has 56 heavy (non-hydrogen) atoms. The summed E-state index contributed by atoms with van der Waals surface area (Å²) in [6, 6.07) is 83.6. The predicted octanol–water partition coefficient (Wildman–Crippen LogP) is 13.6. The molecule has 0 amide bonds. The molecule has 0 saturated carbocycles. The van der Waals surface area contributed by atoms with Gasteiger partial charge in [0.2, 0.25) is 0 Å². The average Bonchev–Trinajstić information content (AvgIpc) is 3.62. The van der Waals surface area contributed by atoms with Crippen LogP contribution in [0.4, 0.5) is 0 Å². The average molecular weight is 714 g/mol. The first kappa shape index (κ1) is 33.5. The Morgan fingerprint density at radius 2 is 0.750 bits per heavy atom. The minimum absolute atomic E-state index is 0.0204. The van der Waals surface area contributed by atoms with Crippen molar-refractivity contribution in [2.45, 2.75) is 11.3 Å². The smallest absolute Gasteiger partial charge is 0.0711 e. The Morgan fingerprint density at radius 3 is 1.34 bits per heavy atom. The van der Waals surface area contributed by atoms with E-state index >= 15 is 0 Å². The van der Waals surface area contributed by atoms with Gasteiger partial charge in [-0.3, -0.25) is 4.98 Å². The van der Waals surface area contributed by atoms with Gasteiger partial charge in [0.15, 0.2) is 0 Å². The molecule has 264 valence electrons. The summed E-state index contributed by atoms with van der Waals surface area (Å²) in [5.41, 5.74) is 17.5. The molecule has 1 aliphatic rings. The van der Waals surface area contributed by atoms with Gasteiger partial charge < -0.3 is 0 Å². The van der Waals surface area contributed by atoms with Crippen LogP contribution in [0.2, 0.25) is 0 Å². The van der Waals surface area contributed by atoms with Crippen molar-refractivity contribution in [1.82, 2.24) is 4.98 Å².